The predicted molar refractivity (Wildman–Crippen MR) is 118 cm³/mol. The summed E-state index contributed by atoms with van der Waals surface area (Å²) in [6.45, 7) is 6.10. The van der Waals surface area contributed by atoms with Crippen molar-refractivity contribution >= 4 is 29.9 Å². The van der Waals surface area contributed by atoms with Gasteiger partial charge in [0, 0.05) is 31.9 Å². The van der Waals surface area contributed by atoms with E-state index in [2.05, 4.69) is 49.9 Å². The van der Waals surface area contributed by atoms with Crippen molar-refractivity contribution in [1.82, 2.24) is 25.8 Å². The van der Waals surface area contributed by atoms with Gasteiger partial charge >= 0.3 is 0 Å². The second-order valence-corrected chi connectivity index (χ2v) is 6.53. The fourth-order valence-corrected chi connectivity index (χ4v) is 2.59. The minimum atomic E-state index is 0. The Morgan fingerprint density at radius 3 is 2.96 bits per heavy atom. The van der Waals surface area contributed by atoms with Gasteiger partial charge in [0.2, 0.25) is 0 Å². The van der Waals surface area contributed by atoms with E-state index in [-0.39, 0.29) is 24.0 Å². The summed E-state index contributed by atoms with van der Waals surface area (Å²) in [5.74, 6) is 2.43. The van der Waals surface area contributed by atoms with Crippen molar-refractivity contribution in [1.29, 1.82) is 0 Å². The summed E-state index contributed by atoms with van der Waals surface area (Å²) in [5, 5.41) is 13.4. The Kier molecular flexibility index (Phi) is 9.54. The number of rotatable bonds is 10. The van der Waals surface area contributed by atoms with Crippen LogP contribution in [-0.4, -0.2) is 47.4 Å². The molecule has 0 aliphatic heterocycles. The Labute approximate surface area is 177 Å². The normalized spacial score (nSPS) is 13.9. The van der Waals surface area contributed by atoms with Gasteiger partial charge in [-0.15, -0.1) is 24.0 Å². The molecular weight excluding hydrogens is 455 g/mol. The molecule has 1 saturated carbocycles. The number of nitrogens with zero attached hydrogens (tertiary/aromatic N) is 3. The van der Waals surface area contributed by atoms with Crippen molar-refractivity contribution in [3.8, 4) is 11.4 Å². The summed E-state index contributed by atoms with van der Waals surface area (Å²) in [6, 6.07) is 8.18. The fraction of sp³-hybridized carbons (Fsp3) is 0.526. The van der Waals surface area contributed by atoms with Crippen molar-refractivity contribution in [3.05, 3.63) is 36.2 Å². The number of hydrogen-bond donors (Lipinski definition) is 3. The number of halogens is 1. The van der Waals surface area contributed by atoms with Gasteiger partial charge in [-0.2, -0.15) is 5.10 Å². The molecule has 7 nitrogen and oxygen atoms in total. The third-order valence-electron chi connectivity index (χ3n) is 4.19. The molecule has 1 aromatic heterocycles. The molecule has 1 aromatic carbocycles. The maximum absolute atomic E-state index is 5.66. The Balaban J connectivity index is 0.00000261. The van der Waals surface area contributed by atoms with Crippen LogP contribution >= 0.6 is 24.0 Å². The molecule has 0 radical (unpaired) electrons. The molecule has 1 aliphatic rings. The largest absolute Gasteiger partial charge is 0.381 e. The first-order valence-corrected chi connectivity index (χ1v) is 9.39. The van der Waals surface area contributed by atoms with Crippen LogP contribution < -0.4 is 10.6 Å². The first-order chi connectivity index (χ1) is 12.8. The minimum absolute atomic E-state index is 0. The second-order valence-electron chi connectivity index (χ2n) is 6.53. The lowest BCUT2D eigenvalue weighted by Gasteiger charge is -2.11. The Morgan fingerprint density at radius 2 is 2.22 bits per heavy atom. The quantitative estimate of drug-likeness (QED) is 0.209. The summed E-state index contributed by atoms with van der Waals surface area (Å²) >= 11 is 0. The molecule has 0 amide bonds. The van der Waals surface area contributed by atoms with Gasteiger partial charge in [0.15, 0.2) is 11.8 Å². The highest BCUT2D eigenvalue weighted by Gasteiger charge is 2.20. The summed E-state index contributed by atoms with van der Waals surface area (Å²) in [5.41, 5.74) is 2.14. The van der Waals surface area contributed by atoms with E-state index in [1.807, 2.05) is 12.1 Å². The van der Waals surface area contributed by atoms with E-state index in [1.165, 1.54) is 19.2 Å². The van der Waals surface area contributed by atoms with E-state index < -0.39 is 0 Å². The number of benzene rings is 1. The lowest BCUT2D eigenvalue weighted by molar-refractivity contribution is 0.123. The molecule has 8 heteroatoms. The summed E-state index contributed by atoms with van der Waals surface area (Å²) in [4.78, 5) is 8.86. The van der Waals surface area contributed by atoms with E-state index in [1.54, 1.807) is 0 Å². The van der Waals surface area contributed by atoms with E-state index >= 15 is 0 Å². The number of aromatic nitrogens is 3. The number of aromatic amines is 1. The van der Waals surface area contributed by atoms with Crippen LogP contribution in [0.4, 0.5) is 0 Å². The van der Waals surface area contributed by atoms with Crippen molar-refractivity contribution < 1.29 is 4.74 Å². The van der Waals surface area contributed by atoms with E-state index in [0.29, 0.717) is 6.54 Å². The number of H-pyrrole nitrogens is 1. The van der Waals surface area contributed by atoms with Crippen molar-refractivity contribution in [3.63, 3.8) is 0 Å². The third-order valence-corrected chi connectivity index (χ3v) is 4.19. The highest BCUT2D eigenvalue weighted by Crippen LogP contribution is 2.28. The van der Waals surface area contributed by atoms with Crippen LogP contribution in [0.2, 0.25) is 0 Å². The monoisotopic (exact) mass is 484 g/mol. The van der Waals surface area contributed by atoms with Gasteiger partial charge in [-0.3, -0.25) is 5.10 Å². The standard InChI is InChI=1S/C19H28N6O.HI/c1-2-20-19(21-9-4-10-26-13-15-7-8-15)22-12-16-5-3-6-17(11-16)18-23-14-24-25-18;/h3,5-6,11,14-15H,2,4,7-10,12-13H2,1H3,(H2,20,21,22)(H,23,24,25);1H. The first-order valence-electron chi connectivity index (χ1n) is 9.39. The Hall–Kier alpha value is -1.68. The van der Waals surface area contributed by atoms with Gasteiger partial charge in [-0.05, 0) is 43.7 Å². The Morgan fingerprint density at radius 1 is 1.33 bits per heavy atom. The molecule has 0 bridgehead atoms. The molecule has 0 atom stereocenters. The topological polar surface area (TPSA) is 87.2 Å². The van der Waals surface area contributed by atoms with Crippen molar-refractivity contribution in [2.75, 3.05) is 26.3 Å². The van der Waals surface area contributed by atoms with Gasteiger partial charge < -0.3 is 15.4 Å². The molecule has 0 spiro atoms. The first kappa shape index (κ1) is 21.6. The average Bonchev–Trinajstić information content (AvgIpc) is 3.32. The van der Waals surface area contributed by atoms with Crippen LogP contribution in [0.5, 0.6) is 0 Å². The lowest BCUT2D eigenvalue weighted by atomic mass is 10.1. The molecule has 3 rings (SSSR count). The predicted octanol–water partition coefficient (Wildman–Crippen LogP) is 2.96. The van der Waals surface area contributed by atoms with Gasteiger partial charge in [-0.25, -0.2) is 9.98 Å². The zero-order chi connectivity index (χ0) is 18.0. The van der Waals surface area contributed by atoms with E-state index in [4.69, 9.17) is 4.74 Å². The highest BCUT2D eigenvalue weighted by atomic mass is 127. The lowest BCUT2D eigenvalue weighted by Crippen LogP contribution is -2.38. The molecule has 148 valence electrons. The van der Waals surface area contributed by atoms with Crippen LogP contribution in [0.25, 0.3) is 11.4 Å². The van der Waals surface area contributed by atoms with E-state index in [9.17, 15) is 0 Å². The fourth-order valence-electron chi connectivity index (χ4n) is 2.59. The SMILES string of the molecule is CCNC(=NCc1cccc(-c2ncn[nH]2)c1)NCCCOCC1CC1.I. The Bertz CT molecular complexity index is 687. The van der Waals surface area contributed by atoms with Crippen molar-refractivity contribution in [2.24, 2.45) is 10.9 Å². The molecule has 1 heterocycles. The van der Waals surface area contributed by atoms with Gasteiger partial charge in [0.25, 0.3) is 0 Å². The van der Waals surface area contributed by atoms with Crippen molar-refractivity contribution in [2.45, 2.75) is 32.7 Å². The number of guanidine groups is 1. The maximum Gasteiger partial charge on any atom is 0.191 e. The molecule has 1 fully saturated rings. The zero-order valence-corrected chi connectivity index (χ0v) is 18.1. The number of hydrogen-bond acceptors (Lipinski definition) is 4. The van der Waals surface area contributed by atoms with Crippen LogP contribution in [-0.2, 0) is 11.3 Å². The van der Waals surface area contributed by atoms with Crippen LogP contribution in [0, 0.1) is 5.92 Å². The molecule has 2 aromatic rings. The van der Waals surface area contributed by atoms with Gasteiger partial charge in [-0.1, -0.05) is 18.2 Å². The summed E-state index contributed by atoms with van der Waals surface area (Å²) in [6.07, 6.45) is 5.18. The molecule has 27 heavy (non-hydrogen) atoms. The zero-order valence-electron chi connectivity index (χ0n) is 15.8. The third kappa shape index (κ3) is 7.84. The maximum atomic E-state index is 5.66. The smallest absolute Gasteiger partial charge is 0.191 e. The number of nitrogens with one attached hydrogen (secondary N) is 3. The van der Waals surface area contributed by atoms with Crippen LogP contribution in [0.15, 0.2) is 35.6 Å². The van der Waals surface area contributed by atoms with E-state index in [0.717, 1.165) is 61.6 Å². The van der Waals surface area contributed by atoms with Crippen LogP contribution in [0.3, 0.4) is 0 Å². The molecule has 0 unspecified atom stereocenters. The molecule has 3 N–H and O–H groups in total. The number of ether oxygens (including phenoxy) is 1. The summed E-state index contributed by atoms with van der Waals surface area (Å²) in [7, 11) is 0. The molecule has 1 aliphatic carbocycles. The average molecular weight is 484 g/mol. The minimum Gasteiger partial charge on any atom is -0.381 e. The summed E-state index contributed by atoms with van der Waals surface area (Å²) < 4.78 is 5.66. The van der Waals surface area contributed by atoms with Gasteiger partial charge in [0.1, 0.15) is 6.33 Å². The van der Waals surface area contributed by atoms with Gasteiger partial charge in [0.05, 0.1) is 6.54 Å². The second kappa shape index (κ2) is 11.9. The number of aliphatic imine (C=N–C) groups is 1. The highest BCUT2D eigenvalue weighted by molar-refractivity contribution is 14.0. The molecular formula is C19H29IN6O. The van der Waals surface area contributed by atoms with Crippen LogP contribution in [0.1, 0.15) is 31.7 Å². The molecule has 0 saturated heterocycles.